The van der Waals surface area contributed by atoms with Crippen molar-refractivity contribution in [3.63, 3.8) is 0 Å². The maximum atomic E-state index is 11.4. The monoisotopic (exact) mass is 226 g/mol. The third-order valence-corrected chi connectivity index (χ3v) is 2.06. The van der Waals surface area contributed by atoms with E-state index >= 15 is 0 Å². The summed E-state index contributed by atoms with van der Waals surface area (Å²) in [6.07, 6.45) is 1.34. The highest BCUT2D eigenvalue weighted by molar-refractivity contribution is 5.92. The average Bonchev–Trinajstić information content (AvgIpc) is 2.59. The van der Waals surface area contributed by atoms with Gasteiger partial charge >= 0.3 is 5.97 Å². The smallest absolute Gasteiger partial charge is 0.360 e. The molecule has 0 saturated carbocycles. The van der Waals surface area contributed by atoms with E-state index in [1.54, 1.807) is 14.1 Å². The zero-order valence-corrected chi connectivity index (χ0v) is 9.43. The molecule has 0 saturated heterocycles. The molecule has 0 spiro atoms. The summed E-state index contributed by atoms with van der Waals surface area (Å²) >= 11 is 0. The second kappa shape index (κ2) is 4.65. The summed E-state index contributed by atoms with van der Waals surface area (Å²) in [6, 6.07) is 0. The Morgan fingerprint density at radius 2 is 2.19 bits per heavy atom. The van der Waals surface area contributed by atoms with Crippen molar-refractivity contribution in [2.24, 2.45) is 0 Å². The van der Waals surface area contributed by atoms with Gasteiger partial charge in [0.25, 0.3) is 0 Å². The van der Waals surface area contributed by atoms with Crippen LogP contribution in [-0.4, -0.2) is 47.5 Å². The molecule has 0 aliphatic heterocycles. The summed E-state index contributed by atoms with van der Waals surface area (Å²) in [7, 11) is 4.51. The number of esters is 1. The van der Waals surface area contributed by atoms with Gasteiger partial charge in [0, 0.05) is 14.1 Å². The third-order valence-electron chi connectivity index (χ3n) is 2.06. The summed E-state index contributed by atoms with van der Waals surface area (Å²) in [5.41, 5.74) is 5.68. The van der Waals surface area contributed by atoms with Gasteiger partial charge in [-0.05, 0) is 0 Å². The summed E-state index contributed by atoms with van der Waals surface area (Å²) in [4.78, 5) is 27.8. The van der Waals surface area contributed by atoms with E-state index in [1.165, 1.54) is 22.9 Å². The molecular formula is C9H14N4O3. The first kappa shape index (κ1) is 12.0. The summed E-state index contributed by atoms with van der Waals surface area (Å²) < 4.78 is 5.89. The number of nitrogen functional groups attached to an aromatic ring is 1. The molecule has 1 amide bonds. The molecule has 0 bridgehead atoms. The Hall–Kier alpha value is -2.05. The van der Waals surface area contributed by atoms with Gasteiger partial charge in [-0.1, -0.05) is 0 Å². The Kier molecular flexibility index (Phi) is 3.49. The van der Waals surface area contributed by atoms with Crippen LogP contribution < -0.4 is 5.73 Å². The maximum Gasteiger partial charge on any atom is 0.360 e. The van der Waals surface area contributed by atoms with E-state index in [1.807, 2.05) is 0 Å². The van der Waals surface area contributed by atoms with Gasteiger partial charge in [-0.25, -0.2) is 9.78 Å². The van der Waals surface area contributed by atoms with Crippen molar-refractivity contribution in [1.29, 1.82) is 0 Å². The van der Waals surface area contributed by atoms with Crippen LogP contribution in [0.2, 0.25) is 0 Å². The number of aromatic nitrogens is 2. The summed E-state index contributed by atoms with van der Waals surface area (Å²) in [5.74, 6) is -0.629. The number of nitrogens with zero attached hydrogens (tertiary/aromatic N) is 3. The lowest BCUT2D eigenvalue weighted by molar-refractivity contribution is -0.129. The van der Waals surface area contributed by atoms with Crippen LogP contribution >= 0.6 is 0 Å². The zero-order valence-electron chi connectivity index (χ0n) is 9.43. The Morgan fingerprint density at radius 1 is 1.56 bits per heavy atom. The van der Waals surface area contributed by atoms with Crippen molar-refractivity contribution in [3.8, 4) is 0 Å². The van der Waals surface area contributed by atoms with Crippen LogP contribution in [-0.2, 0) is 16.1 Å². The number of carbonyl (C=O) groups is 2. The van der Waals surface area contributed by atoms with Crippen LogP contribution in [0.3, 0.4) is 0 Å². The molecule has 0 unspecified atom stereocenters. The first-order chi connectivity index (χ1) is 7.47. The van der Waals surface area contributed by atoms with Gasteiger partial charge < -0.3 is 19.9 Å². The number of carbonyl (C=O) groups excluding carboxylic acids is 2. The molecule has 0 radical (unpaired) electrons. The number of anilines is 1. The van der Waals surface area contributed by atoms with Gasteiger partial charge in [0.05, 0.1) is 13.4 Å². The number of imidazole rings is 1. The van der Waals surface area contributed by atoms with Gasteiger partial charge in [-0.3, -0.25) is 4.79 Å². The van der Waals surface area contributed by atoms with E-state index in [4.69, 9.17) is 5.73 Å². The van der Waals surface area contributed by atoms with Gasteiger partial charge in [0.2, 0.25) is 5.91 Å². The number of hydrogen-bond donors (Lipinski definition) is 1. The lowest BCUT2D eigenvalue weighted by Gasteiger charge is -2.11. The van der Waals surface area contributed by atoms with E-state index in [9.17, 15) is 9.59 Å². The second-order valence-electron chi connectivity index (χ2n) is 3.39. The summed E-state index contributed by atoms with van der Waals surface area (Å²) in [5, 5.41) is 0. The zero-order chi connectivity index (χ0) is 12.3. The predicted octanol–water partition coefficient (Wildman–Crippen LogP) is -0.660. The molecule has 0 aliphatic rings. The molecule has 1 aromatic rings. The lowest BCUT2D eigenvalue weighted by atomic mass is 10.4. The molecule has 2 N–H and O–H groups in total. The van der Waals surface area contributed by atoms with Crippen molar-refractivity contribution < 1.29 is 14.3 Å². The van der Waals surface area contributed by atoms with Crippen LogP contribution in [0, 0.1) is 0 Å². The molecule has 7 heteroatoms. The molecule has 1 aromatic heterocycles. The van der Waals surface area contributed by atoms with Crippen molar-refractivity contribution in [2.75, 3.05) is 26.9 Å². The second-order valence-corrected chi connectivity index (χ2v) is 3.39. The van der Waals surface area contributed by atoms with Crippen molar-refractivity contribution in [3.05, 3.63) is 12.0 Å². The van der Waals surface area contributed by atoms with Crippen molar-refractivity contribution in [2.45, 2.75) is 6.54 Å². The van der Waals surface area contributed by atoms with Crippen LogP contribution in [0.1, 0.15) is 10.5 Å². The molecule has 16 heavy (non-hydrogen) atoms. The fourth-order valence-corrected chi connectivity index (χ4v) is 1.06. The van der Waals surface area contributed by atoms with Crippen molar-refractivity contribution in [1.82, 2.24) is 14.5 Å². The third kappa shape index (κ3) is 2.30. The normalized spacial score (nSPS) is 9.94. The first-order valence-corrected chi connectivity index (χ1v) is 4.56. The van der Waals surface area contributed by atoms with Crippen molar-refractivity contribution >= 4 is 17.7 Å². The SMILES string of the molecule is COC(=O)c1ncn(CC(=O)N(C)C)c1N. The van der Waals surface area contributed by atoms with E-state index in [2.05, 4.69) is 9.72 Å². The van der Waals surface area contributed by atoms with Gasteiger partial charge in [0.15, 0.2) is 5.69 Å². The van der Waals surface area contributed by atoms with E-state index in [0.717, 1.165) is 0 Å². The molecule has 0 fully saturated rings. The Bertz CT molecular complexity index is 411. The van der Waals surface area contributed by atoms with E-state index < -0.39 is 5.97 Å². The minimum Gasteiger partial charge on any atom is -0.464 e. The summed E-state index contributed by atoms with van der Waals surface area (Å²) in [6.45, 7) is 0.0445. The molecule has 0 aromatic carbocycles. The number of amides is 1. The fraction of sp³-hybridized carbons (Fsp3) is 0.444. The number of nitrogens with two attached hydrogens (primary N) is 1. The highest BCUT2D eigenvalue weighted by atomic mass is 16.5. The molecule has 88 valence electrons. The lowest BCUT2D eigenvalue weighted by Crippen LogP contribution is -2.26. The number of rotatable bonds is 3. The fourth-order valence-electron chi connectivity index (χ4n) is 1.06. The van der Waals surface area contributed by atoms with Gasteiger partial charge in [-0.2, -0.15) is 0 Å². The Balaban J connectivity index is 2.88. The molecule has 1 heterocycles. The number of hydrogen-bond acceptors (Lipinski definition) is 5. The molecule has 7 nitrogen and oxygen atoms in total. The number of methoxy groups -OCH3 is 1. The van der Waals surface area contributed by atoms with E-state index in [-0.39, 0.29) is 24.0 Å². The number of ether oxygens (including phenoxy) is 1. The topological polar surface area (TPSA) is 90.4 Å². The van der Waals surface area contributed by atoms with Crippen LogP contribution in [0.5, 0.6) is 0 Å². The molecule has 0 aliphatic carbocycles. The van der Waals surface area contributed by atoms with Gasteiger partial charge in [0.1, 0.15) is 12.4 Å². The minimum absolute atomic E-state index is 0.0223. The van der Waals surface area contributed by atoms with Crippen LogP contribution in [0.4, 0.5) is 5.82 Å². The maximum absolute atomic E-state index is 11.4. The number of likely N-dealkylation sites (N-methyl/N-ethyl adjacent to an activating group) is 1. The quantitative estimate of drug-likeness (QED) is 0.691. The standard InChI is InChI=1S/C9H14N4O3/c1-12(2)6(14)4-13-5-11-7(8(13)10)9(15)16-3/h5H,4,10H2,1-3H3. The largest absolute Gasteiger partial charge is 0.464 e. The molecular weight excluding hydrogens is 212 g/mol. The average molecular weight is 226 g/mol. The molecule has 0 atom stereocenters. The van der Waals surface area contributed by atoms with Gasteiger partial charge in [-0.15, -0.1) is 0 Å². The first-order valence-electron chi connectivity index (χ1n) is 4.56. The van der Waals surface area contributed by atoms with Crippen LogP contribution in [0.15, 0.2) is 6.33 Å². The highest BCUT2D eigenvalue weighted by Gasteiger charge is 2.17. The highest BCUT2D eigenvalue weighted by Crippen LogP contribution is 2.11. The molecule has 1 rings (SSSR count). The Morgan fingerprint density at radius 3 is 2.69 bits per heavy atom. The predicted molar refractivity (Wildman–Crippen MR) is 56.7 cm³/mol. The van der Waals surface area contributed by atoms with E-state index in [0.29, 0.717) is 0 Å². The van der Waals surface area contributed by atoms with Crippen LogP contribution in [0.25, 0.3) is 0 Å². The minimum atomic E-state index is -0.617. The Labute approximate surface area is 92.8 Å².